The molecule has 2 heterocycles. The van der Waals surface area contributed by atoms with E-state index in [1.54, 1.807) is 0 Å². The van der Waals surface area contributed by atoms with Gasteiger partial charge in [-0.1, -0.05) is 24.3 Å². The summed E-state index contributed by atoms with van der Waals surface area (Å²) in [5, 5.41) is 0. The van der Waals surface area contributed by atoms with Gasteiger partial charge in [-0.15, -0.1) is 0 Å². The molecule has 2 nitrogen and oxygen atoms in total. The predicted octanol–water partition coefficient (Wildman–Crippen LogP) is 3.60. The van der Waals surface area contributed by atoms with Crippen LogP contribution in [0.3, 0.4) is 0 Å². The van der Waals surface area contributed by atoms with Crippen LogP contribution in [-0.2, 0) is 5.41 Å². The van der Waals surface area contributed by atoms with Gasteiger partial charge < -0.3 is 4.74 Å². The van der Waals surface area contributed by atoms with E-state index in [4.69, 9.17) is 4.74 Å². The summed E-state index contributed by atoms with van der Waals surface area (Å²) < 4.78 is 6.42. The number of nitrogens with zero attached hydrogens (tertiary/aromatic N) is 1. The van der Waals surface area contributed by atoms with Crippen LogP contribution in [0.15, 0.2) is 41.5 Å². The summed E-state index contributed by atoms with van der Waals surface area (Å²) in [6, 6.07) is 6.96. The van der Waals surface area contributed by atoms with Gasteiger partial charge in [0.15, 0.2) is 0 Å². The second-order valence-corrected chi connectivity index (χ2v) is 6.86. The van der Waals surface area contributed by atoms with E-state index in [0.717, 1.165) is 18.7 Å². The standard InChI is InChI=1S/C19H23NO/c1-12-6-5-7-16-17(12)19-10-11-20(4)14(3)15(19)9-8-13(2)18(19)21-16/h5-9,14,18H,10-11H2,1-4H3/t14?,18-,19?/m0/s1. The molecule has 110 valence electrons. The van der Waals surface area contributed by atoms with Crippen LogP contribution < -0.4 is 4.74 Å². The van der Waals surface area contributed by atoms with Crippen molar-refractivity contribution >= 4 is 0 Å². The lowest BCUT2D eigenvalue weighted by atomic mass is 9.60. The fourth-order valence-corrected chi connectivity index (χ4v) is 4.60. The van der Waals surface area contributed by atoms with Crippen molar-refractivity contribution in [1.29, 1.82) is 0 Å². The van der Waals surface area contributed by atoms with Crippen molar-refractivity contribution in [3.05, 3.63) is 52.6 Å². The van der Waals surface area contributed by atoms with E-state index in [1.165, 1.54) is 22.3 Å². The molecule has 1 spiro atoms. The number of aryl methyl sites for hydroxylation is 1. The molecule has 1 aliphatic carbocycles. The smallest absolute Gasteiger partial charge is 0.133 e. The van der Waals surface area contributed by atoms with E-state index in [1.807, 2.05) is 0 Å². The molecule has 1 aromatic rings. The van der Waals surface area contributed by atoms with Crippen LogP contribution in [-0.4, -0.2) is 30.6 Å². The van der Waals surface area contributed by atoms with Crippen LogP contribution in [0.2, 0.25) is 0 Å². The number of likely N-dealkylation sites (N-methyl/N-ethyl adjacent to an activating group) is 1. The first kappa shape index (κ1) is 13.1. The Morgan fingerprint density at radius 3 is 2.86 bits per heavy atom. The molecular formula is C19H23NO. The van der Waals surface area contributed by atoms with Crippen LogP contribution in [0.5, 0.6) is 5.75 Å². The van der Waals surface area contributed by atoms with Crippen molar-refractivity contribution in [2.75, 3.05) is 13.6 Å². The van der Waals surface area contributed by atoms with Crippen molar-refractivity contribution in [1.82, 2.24) is 4.90 Å². The summed E-state index contributed by atoms with van der Waals surface area (Å²) in [4.78, 5) is 2.46. The third kappa shape index (κ3) is 1.51. The first-order valence-electron chi connectivity index (χ1n) is 7.91. The lowest BCUT2D eigenvalue weighted by Crippen LogP contribution is -2.54. The minimum absolute atomic E-state index is 0.0609. The number of piperidine rings is 1. The normalized spacial score (nSPS) is 34.3. The van der Waals surface area contributed by atoms with Crippen LogP contribution >= 0.6 is 0 Å². The van der Waals surface area contributed by atoms with Crippen molar-refractivity contribution in [2.24, 2.45) is 0 Å². The topological polar surface area (TPSA) is 12.5 Å². The highest BCUT2D eigenvalue weighted by molar-refractivity contribution is 5.60. The van der Waals surface area contributed by atoms with Gasteiger partial charge in [0.1, 0.15) is 11.9 Å². The van der Waals surface area contributed by atoms with Gasteiger partial charge >= 0.3 is 0 Å². The molecule has 2 unspecified atom stereocenters. The van der Waals surface area contributed by atoms with Crippen molar-refractivity contribution in [3.8, 4) is 5.75 Å². The lowest BCUT2D eigenvalue weighted by Gasteiger charge is -2.49. The van der Waals surface area contributed by atoms with E-state index < -0.39 is 0 Å². The molecular weight excluding hydrogens is 258 g/mol. The van der Waals surface area contributed by atoms with Gasteiger partial charge in [-0.3, -0.25) is 4.90 Å². The Labute approximate surface area is 127 Å². The predicted molar refractivity (Wildman–Crippen MR) is 85.8 cm³/mol. The molecule has 2 heteroatoms. The SMILES string of the molecule is CC1=CC=C2C(C)N(C)CCC23c2c(C)cccc2O[C@@H]13. The van der Waals surface area contributed by atoms with E-state index in [-0.39, 0.29) is 11.5 Å². The molecule has 1 aromatic carbocycles. The highest BCUT2D eigenvalue weighted by Gasteiger charge is 2.56. The number of fused-ring (bicyclic) bond motifs is 1. The van der Waals surface area contributed by atoms with Crippen LogP contribution in [0.25, 0.3) is 0 Å². The van der Waals surface area contributed by atoms with Gasteiger partial charge in [-0.25, -0.2) is 0 Å². The van der Waals surface area contributed by atoms with Gasteiger partial charge in [0.25, 0.3) is 0 Å². The maximum absolute atomic E-state index is 6.42. The largest absolute Gasteiger partial charge is 0.484 e. The van der Waals surface area contributed by atoms with Gasteiger partial charge in [0, 0.05) is 11.6 Å². The quantitative estimate of drug-likeness (QED) is 0.720. The van der Waals surface area contributed by atoms with Crippen LogP contribution in [0.4, 0.5) is 0 Å². The van der Waals surface area contributed by atoms with Gasteiger partial charge in [0.2, 0.25) is 0 Å². The molecule has 0 amide bonds. The Morgan fingerprint density at radius 2 is 2.05 bits per heavy atom. The van der Waals surface area contributed by atoms with Gasteiger partial charge in [0.05, 0.1) is 5.41 Å². The Balaban J connectivity index is 1.99. The molecule has 2 aliphatic heterocycles. The van der Waals surface area contributed by atoms with Gasteiger partial charge in [-0.2, -0.15) is 0 Å². The zero-order chi connectivity index (χ0) is 14.8. The van der Waals surface area contributed by atoms with E-state index in [2.05, 4.69) is 63.1 Å². The Morgan fingerprint density at radius 1 is 1.24 bits per heavy atom. The maximum Gasteiger partial charge on any atom is 0.133 e. The average molecular weight is 281 g/mol. The van der Waals surface area contributed by atoms with Gasteiger partial charge in [-0.05, 0) is 63.6 Å². The Hall–Kier alpha value is -1.54. The fraction of sp³-hybridized carbons (Fsp3) is 0.474. The summed E-state index contributed by atoms with van der Waals surface area (Å²) in [7, 11) is 2.23. The number of hydrogen-bond donors (Lipinski definition) is 0. The molecule has 0 N–H and O–H groups in total. The summed E-state index contributed by atoms with van der Waals surface area (Å²) >= 11 is 0. The summed E-state index contributed by atoms with van der Waals surface area (Å²) in [5.74, 6) is 1.09. The third-order valence-corrected chi connectivity index (χ3v) is 5.80. The number of ether oxygens (including phenoxy) is 1. The zero-order valence-corrected chi connectivity index (χ0v) is 13.3. The Bertz CT molecular complexity index is 672. The van der Waals surface area contributed by atoms with E-state index in [9.17, 15) is 0 Å². The molecule has 21 heavy (non-hydrogen) atoms. The maximum atomic E-state index is 6.42. The summed E-state index contributed by atoms with van der Waals surface area (Å²) in [6.45, 7) is 7.89. The Kier molecular flexibility index (Phi) is 2.65. The molecule has 0 saturated carbocycles. The molecule has 4 rings (SSSR count). The molecule has 1 saturated heterocycles. The summed E-state index contributed by atoms with van der Waals surface area (Å²) in [5.41, 5.74) is 5.75. The van der Waals surface area contributed by atoms with Crippen molar-refractivity contribution in [3.63, 3.8) is 0 Å². The summed E-state index contributed by atoms with van der Waals surface area (Å²) in [6.07, 6.45) is 5.95. The first-order chi connectivity index (χ1) is 10.1. The van der Waals surface area contributed by atoms with E-state index >= 15 is 0 Å². The number of benzene rings is 1. The molecule has 0 aromatic heterocycles. The first-order valence-corrected chi connectivity index (χ1v) is 7.91. The highest BCUT2D eigenvalue weighted by Crippen LogP contribution is 2.57. The van der Waals surface area contributed by atoms with Crippen molar-refractivity contribution in [2.45, 2.75) is 44.8 Å². The highest BCUT2D eigenvalue weighted by atomic mass is 16.5. The second kappa shape index (κ2) is 4.23. The fourth-order valence-electron chi connectivity index (χ4n) is 4.60. The average Bonchev–Trinajstić information content (AvgIpc) is 2.81. The molecule has 0 radical (unpaired) electrons. The molecule has 1 fully saturated rings. The molecule has 0 bridgehead atoms. The zero-order valence-electron chi connectivity index (χ0n) is 13.3. The number of hydrogen-bond acceptors (Lipinski definition) is 2. The molecule has 3 atom stereocenters. The second-order valence-electron chi connectivity index (χ2n) is 6.86. The minimum Gasteiger partial charge on any atom is -0.484 e. The number of rotatable bonds is 0. The van der Waals surface area contributed by atoms with Crippen LogP contribution in [0, 0.1) is 6.92 Å². The minimum atomic E-state index is 0.0609. The van der Waals surface area contributed by atoms with Crippen molar-refractivity contribution < 1.29 is 4.74 Å². The molecule has 3 aliphatic rings. The van der Waals surface area contributed by atoms with Crippen LogP contribution in [0.1, 0.15) is 31.4 Å². The monoisotopic (exact) mass is 281 g/mol. The number of likely N-dealkylation sites (tertiary alicyclic amines) is 1. The number of allylic oxidation sites excluding steroid dienone is 2. The van der Waals surface area contributed by atoms with E-state index in [0.29, 0.717) is 6.04 Å². The third-order valence-electron chi connectivity index (χ3n) is 5.80. The lowest BCUT2D eigenvalue weighted by molar-refractivity contribution is 0.125.